The van der Waals surface area contributed by atoms with Crippen molar-refractivity contribution in [1.29, 1.82) is 0 Å². The van der Waals surface area contributed by atoms with Gasteiger partial charge in [0.15, 0.2) is 0 Å². The first-order chi connectivity index (χ1) is 14.2. The number of carbonyl (C=O) groups is 1. The lowest BCUT2D eigenvalue weighted by molar-refractivity contribution is -0.128. The highest BCUT2D eigenvalue weighted by atomic mass is 32.2. The van der Waals surface area contributed by atoms with Crippen molar-refractivity contribution in [2.45, 2.75) is 62.0 Å². The lowest BCUT2D eigenvalue weighted by Gasteiger charge is -2.15. The van der Waals surface area contributed by atoms with E-state index < -0.39 is 22.0 Å². The van der Waals surface area contributed by atoms with Gasteiger partial charge in [0.1, 0.15) is 11.0 Å². The van der Waals surface area contributed by atoms with E-state index in [9.17, 15) is 9.00 Å². The number of nitrogens with one attached hydrogen (secondary N) is 1. The number of rotatable bonds is 13. The molecule has 6 nitrogen and oxygen atoms in total. The molecule has 0 saturated carbocycles. The molecular formula is C22H30N2O4S. The van der Waals surface area contributed by atoms with E-state index in [0.717, 1.165) is 44.2 Å². The fourth-order valence-electron chi connectivity index (χ4n) is 2.99. The molecule has 0 bridgehead atoms. The standard InChI is InChI=1S/C22H30N2O4S/c1-2-3-4-5-11-21(22(25)24-26)29(27)20-14-12-19(13-15-20)28-17-8-10-18-9-6-7-16-23-18/h6-7,9,12-16,21,26H,2-5,8,10-11,17H2,1H3,(H,24,25). The molecule has 2 aromatic rings. The third kappa shape index (κ3) is 7.95. The average Bonchev–Trinajstić information content (AvgIpc) is 2.77. The lowest BCUT2D eigenvalue weighted by Crippen LogP contribution is -2.35. The second kappa shape index (κ2) is 13.1. The Kier molecular flexibility index (Phi) is 10.4. The Balaban J connectivity index is 1.85. The van der Waals surface area contributed by atoms with E-state index >= 15 is 0 Å². The predicted octanol–water partition coefficient (Wildman–Crippen LogP) is 4.05. The number of aryl methyl sites for hydroxylation is 1. The van der Waals surface area contributed by atoms with Crippen molar-refractivity contribution in [2.24, 2.45) is 0 Å². The van der Waals surface area contributed by atoms with Crippen LogP contribution in [0.3, 0.4) is 0 Å². The molecule has 2 atom stereocenters. The van der Waals surface area contributed by atoms with Gasteiger partial charge in [-0.2, -0.15) is 0 Å². The third-order valence-electron chi connectivity index (χ3n) is 4.61. The molecule has 0 spiro atoms. The second-order valence-electron chi connectivity index (χ2n) is 6.86. The summed E-state index contributed by atoms with van der Waals surface area (Å²) in [6.45, 7) is 2.67. The average molecular weight is 419 g/mol. The minimum Gasteiger partial charge on any atom is -0.494 e. The van der Waals surface area contributed by atoms with Gasteiger partial charge >= 0.3 is 0 Å². The monoisotopic (exact) mass is 418 g/mol. The first-order valence-corrected chi connectivity index (χ1v) is 11.3. The molecule has 7 heteroatoms. The number of hydrogen-bond acceptors (Lipinski definition) is 5. The molecule has 2 N–H and O–H groups in total. The zero-order valence-corrected chi connectivity index (χ0v) is 17.7. The summed E-state index contributed by atoms with van der Waals surface area (Å²) in [5, 5.41) is 8.23. The molecular weight excluding hydrogens is 388 g/mol. The molecule has 0 fully saturated rings. The summed E-state index contributed by atoms with van der Waals surface area (Å²) in [5.41, 5.74) is 2.69. The Bertz CT molecular complexity index is 753. The van der Waals surface area contributed by atoms with Crippen LogP contribution in [0.1, 0.15) is 51.1 Å². The van der Waals surface area contributed by atoms with Crippen LogP contribution in [-0.2, 0) is 22.0 Å². The maximum absolute atomic E-state index is 12.8. The van der Waals surface area contributed by atoms with Crippen molar-refractivity contribution in [3.8, 4) is 5.75 Å². The molecule has 1 heterocycles. The van der Waals surface area contributed by atoms with Gasteiger partial charge in [-0.3, -0.25) is 19.2 Å². The van der Waals surface area contributed by atoms with E-state index in [0.29, 0.717) is 23.7 Å². The largest absolute Gasteiger partial charge is 0.494 e. The summed E-state index contributed by atoms with van der Waals surface area (Å²) in [5.74, 6) is 0.0903. The molecule has 0 aliphatic rings. The number of unbranched alkanes of at least 4 members (excludes halogenated alkanes) is 3. The van der Waals surface area contributed by atoms with Crippen LogP contribution in [0, 0.1) is 0 Å². The Labute approximate surface area is 175 Å². The number of pyridine rings is 1. The van der Waals surface area contributed by atoms with Gasteiger partial charge in [-0.05, 0) is 55.7 Å². The van der Waals surface area contributed by atoms with Crippen molar-refractivity contribution in [1.82, 2.24) is 10.5 Å². The Morgan fingerprint density at radius 3 is 2.59 bits per heavy atom. The molecule has 2 rings (SSSR count). The minimum absolute atomic E-state index is 0.477. The SMILES string of the molecule is CCCCCCC(C(=O)NO)S(=O)c1ccc(OCCCc2ccccn2)cc1. The number of carbonyl (C=O) groups excluding carboxylic acids is 1. The highest BCUT2D eigenvalue weighted by molar-refractivity contribution is 7.86. The Morgan fingerprint density at radius 1 is 1.14 bits per heavy atom. The fraction of sp³-hybridized carbons (Fsp3) is 0.455. The highest BCUT2D eigenvalue weighted by Gasteiger charge is 2.25. The van der Waals surface area contributed by atoms with E-state index in [2.05, 4.69) is 11.9 Å². The van der Waals surface area contributed by atoms with Crippen molar-refractivity contribution < 1.29 is 18.9 Å². The van der Waals surface area contributed by atoms with Crippen LogP contribution in [0.5, 0.6) is 5.75 Å². The van der Waals surface area contributed by atoms with E-state index in [1.54, 1.807) is 35.9 Å². The molecule has 0 aliphatic heterocycles. The van der Waals surface area contributed by atoms with Gasteiger partial charge in [-0.25, -0.2) is 5.48 Å². The number of hydrogen-bond donors (Lipinski definition) is 2. The highest BCUT2D eigenvalue weighted by Crippen LogP contribution is 2.20. The zero-order chi connectivity index (χ0) is 20.9. The maximum Gasteiger partial charge on any atom is 0.259 e. The molecule has 158 valence electrons. The van der Waals surface area contributed by atoms with E-state index in [1.165, 1.54) is 0 Å². The van der Waals surface area contributed by atoms with Gasteiger partial charge in [-0.1, -0.05) is 38.7 Å². The molecule has 0 saturated heterocycles. The van der Waals surface area contributed by atoms with Crippen LogP contribution in [0.2, 0.25) is 0 Å². The second-order valence-corrected chi connectivity index (χ2v) is 8.49. The molecule has 1 aromatic heterocycles. The van der Waals surface area contributed by atoms with Crippen LogP contribution in [0.15, 0.2) is 53.6 Å². The van der Waals surface area contributed by atoms with Crippen molar-refractivity contribution in [2.75, 3.05) is 6.61 Å². The van der Waals surface area contributed by atoms with Crippen LogP contribution in [0.25, 0.3) is 0 Å². The van der Waals surface area contributed by atoms with E-state index in [4.69, 9.17) is 9.94 Å². The van der Waals surface area contributed by atoms with Crippen LogP contribution in [0.4, 0.5) is 0 Å². The van der Waals surface area contributed by atoms with Crippen LogP contribution >= 0.6 is 0 Å². The lowest BCUT2D eigenvalue weighted by atomic mass is 10.1. The number of aromatic nitrogens is 1. The Morgan fingerprint density at radius 2 is 1.93 bits per heavy atom. The molecule has 0 aliphatic carbocycles. The van der Waals surface area contributed by atoms with Gasteiger partial charge < -0.3 is 4.74 Å². The number of hydroxylamine groups is 1. The van der Waals surface area contributed by atoms with Gasteiger partial charge in [0.2, 0.25) is 0 Å². The summed E-state index contributed by atoms with van der Waals surface area (Å²) in [4.78, 5) is 16.8. The third-order valence-corrected chi connectivity index (χ3v) is 6.31. The normalized spacial score (nSPS) is 12.9. The van der Waals surface area contributed by atoms with E-state index in [-0.39, 0.29) is 0 Å². The van der Waals surface area contributed by atoms with Crippen LogP contribution in [-0.4, -0.2) is 32.2 Å². The number of amides is 1. The molecule has 2 unspecified atom stereocenters. The summed E-state index contributed by atoms with van der Waals surface area (Å²) >= 11 is 0. The maximum atomic E-state index is 12.8. The summed E-state index contributed by atoms with van der Waals surface area (Å²) in [6, 6.07) is 12.8. The number of ether oxygens (including phenoxy) is 1. The summed E-state index contributed by atoms with van der Waals surface area (Å²) in [7, 11) is -1.53. The molecule has 1 aromatic carbocycles. The first kappa shape index (κ1) is 23.0. The van der Waals surface area contributed by atoms with Crippen molar-refractivity contribution in [3.05, 3.63) is 54.4 Å². The van der Waals surface area contributed by atoms with E-state index in [1.807, 2.05) is 18.2 Å². The summed E-state index contributed by atoms with van der Waals surface area (Å²) < 4.78 is 18.6. The molecule has 0 radical (unpaired) electrons. The zero-order valence-electron chi connectivity index (χ0n) is 16.9. The van der Waals surface area contributed by atoms with Gasteiger partial charge in [0.25, 0.3) is 5.91 Å². The van der Waals surface area contributed by atoms with Gasteiger partial charge in [0, 0.05) is 16.8 Å². The first-order valence-electron chi connectivity index (χ1n) is 10.1. The Hall–Kier alpha value is -2.25. The van der Waals surface area contributed by atoms with Crippen molar-refractivity contribution in [3.63, 3.8) is 0 Å². The molecule has 1 amide bonds. The fourth-order valence-corrected chi connectivity index (χ4v) is 4.35. The van der Waals surface area contributed by atoms with Crippen molar-refractivity contribution >= 4 is 16.7 Å². The minimum atomic E-state index is -1.53. The van der Waals surface area contributed by atoms with Crippen LogP contribution < -0.4 is 10.2 Å². The number of benzene rings is 1. The van der Waals surface area contributed by atoms with Gasteiger partial charge in [0.05, 0.1) is 17.4 Å². The predicted molar refractivity (Wildman–Crippen MR) is 113 cm³/mol. The smallest absolute Gasteiger partial charge is 0.259 e. The van der Waals surface area contributed by atoms with Gasteiger partial charge in [-0.15, -0.1) is 0 Å². The quantitative estimate of drug-likeness (QED) is 0.291. The molecule has 29 heavy (non-hydrogen) atoms. The number of nitrogens with zero attached hydrogens (tertiary/aromatic N) is 1. The summed E-state index contributed by atoms with van der Waals surface area (Å²) in [6.07, 6.45) is 7.90. The topological polar surface area (TPSA) is 88.5 Å².